The summed E-state index contributed by atoms with van der Waals surface area (Å²) in [5, 5.41) is 3.40. The van der Waals surface area contributed by atoms with Crippen LogP contribution in [0.25, 0.3) is 10.9 Å². The summed E-state index contributed by atoms with van der Waals surface area (Å²) in [6.45, 7) is -0.455. The Labute approximate surface area is 108 Å². The van der Waals surface area contributed by atoms with E-state index in [1.165, 1.54) is 6.20 Å². The Kier molecular flexibility index (Phi) is 3.66. The van der Waals surface area contributed by atoms with Crippen molar-refractivity contribution in [2.75, 3.05) is 11.9 Å². The third-order valence-electron chi connectivity index (χ3n) is 2.47. The van der Waals surface area contributed by atoms with E-state index in [1.54, 1.807) is 18.2 Å². The van der Waals surface area contributed by atoms with Crippen LogP contribution < -0.4 is 11.1 Å². The number of nitrogens with one attached hydrogen (secondary N) is 1. The van der Waals surface area contributed by atoms with Gasteiger partial charge in [-0.2, -0.15) is 0 Å². The Hall–Kier alpha value is -1.82. The van der Waals surface area contributed by atoms with Crippen LogP contribution in [0.4, 0.5) is 14.5 Å². The van der Waals surface area contributed by atoms with E-state index in [0.29, 0.717) is 16.8 Å². The maximum absolute atomic E-state index is 12.3. The number of fused-ring (bicyclic) bond motifs is 1. The molecule has 6 heteroatoms. The smallest absolute Gasteiger partial charge is 0.255 e. The second-order valence-electron chi connectivity index (χ2n) is 3.70. The summed E-state index contributed by atoms with van der Waals surface area (Å²) in [6.07, 6.45) is -0.950. The minimum Gasteiger partial charge on any atom is -0.389 e. The molecule has 0 aliphatic carbocycles. The largest absolute Gasteiger partial charge is 0.389 e. The number of aromatic nitrogens is 1. The Morgan fingerprint density at radius 1 is 1.39 bits per heavy atom. The van der Waals surface area contributed by atoms with Gasteiger partial charge in [0.05, 0.1) is 23.3 Å². The van der Waals surface area contributed by atoms with E-state index in [4.69, 9.17) is 18.0 Å². The number of nitrogens with two attached hydrogens (primary N) is 1. The molecule has 2 rings (SSSR count). The van der Waals surface area contributed by atoms with Gasteiger partial charge in [0.15, 0.2) is 0 Å². The van der Waals surface area contributed by atoms with Crippen molar-refractivity contribution in [1.29, 1.82) is 0 Å². The fraction of sp³-hybridized carbons (Fsp3) is 0.167. The van der Waals surface area contributed by atoms with E-state index in [2.05, 4.69) is 10.3 Å². The van der Waals surface area contributed by atoms with Crippen LogP contribution in [0.5, 0.6) is 0 Å². The van der Waals surface area contributed by atoms with Gasteiger partial charge in [-0.15, -0.1) is 0 Å². The van der Waals surface area contributed by atoms with Crippen molar-refractivity contribution in [3.63, 3.8) is 0 Å². The maximum Gasteiger partial charge on any atom is 0.255 e. The molecule has 0 bridgehead atoms. The normalized spacial score (nSPS) is 10.8. The van der Waals surface area contributed by atoms with Gasteiger partial charge in [0.1, 0.15) is 4.99 Å². The zero-order chi connectivity index (χ0) is 13.1. The second kappa shape index (κ2) is 5.22. The first-order chi connectivity index (χ1) is 8.59. The fourth-order valence-electron chi connectivity index (χ4n) is 1.70. The lowest BCUT2D eigenvalue weighted by Gasteiger charge is -2.13. The number of alkyl halides is 2. The number of hydrogen-bond acceptors (Lipinski definition) is 3. The molecule has 0 aliphatic heterocycles. The average molecular weight is 267 g/mol. The third kappa shape index (κ3) is 2.53. The van der Waals surface area contributed by atoms with Crippen LogP contribution in [0.1, 0.15) is 5.56 Å². The monoisotopic (exact) mass is 267 g/mol. The highest BCUT2D eigenvalue weighted by molar-refractivity contribution is 7.80. The van der Waals surface area contributed by atoms with E-state index >= 15 is 0 Å². The van der Waals surface area contributed by atoms with Gasteiger partial charge < -0.3 is 11.1 Å². The lowest BCUT2D eigenvalue weighted by molar-refractivity contribution is 0.163. The molecule has 2 aromatic rings. The predicted molar refractivity (Wildman–Crippen MR) is 72.1 cm³/mol. The van der Waals surface area contributed by atoms with Gasteiger partial charge in [-0.25, -0.2) is 8.78 Å². The molecule has 0 saturated carbocycles. The van der Waals surface area contributed by atoms with Gasteiger partial charge in [-0.1, -0.05) is 30.4 Å². The van der Waals surface area contributed by atoms with Gasteiger partial charge >= 0.3 is 0 Å². The van der Waals surface area contributed by atoms with Crippen LogP contribution >= 0.6 is 12.2 Å². The van der Waals surface area contributed by atoms with Crippen LogP contribution in [-0.2, 0) is 0 Å². The van der Waals surface area contributed by atoms with Gasteiger partial charge in [0.2, 0.25) is 0 Å². The SMILES string of the molecule is NC(=S)c1cnc2ccccc2c1NCC(F)F. The summed E-state index contributed by atoms with van der Waals surface area (Å²) in [5.41, 5.74) is 7.26. The molecule has 0 amide bonds. The number of benzene rings is 1. The lowest BCUT2D eigenvalue weighted by atomic mass is 10.1. The first-order valence-corrected chi connectivity index (χ1v) is 5.70. The first kappa shape index (κ1) is 12.6. The molecule has 0 fully saturated rings. The van der Waals surface area contributed by atoms with Crippen molar-refractivity contribution >= 4 is 33.8 Å². The zero-order valence-electron chi connectivity index (χ0n) is 9.36. The van der Waals surface area contributed by atoms with Crippen molar-refractivity contribution in [2.45, 2.75) is 6.43 Å². The molecule has 1 aromatic heterocycles. The summed E-state index contributed by atoms with van der Waals surface area (Å²) >= 11 is 4.90. The van der Waals surface area contributed by atoms with Crippen LogP contribution in [0.2, 0.25) is 0 Å². The van der Waals surface area contributed by atoms with E-state index in [1.807, 2.05) is 6.07 Å². The quantitative estimate of drug-likeness (QED) is 0.836. The fourth-order valence-corrected chi connectivity index (χ4v) is 1.85. The average Bonchev–Trinajstić information content (AvgIpc) is 2.35. The molecule has 0 radical (unpaired) electrons. The number of thiocarbonyl (C=S) groups is 1. The van der Waals surface area contributed by atoms with Crippen molar-refractivity contribution in [3.8, 4) is 0 Å². The topological polar surface area (TPSA) is 50.9 Å². The molecule has 0 atom stereocenters. The standard InChI is InChI=1S/C12H11F2N3S/c13-10(14)6-17-11-7-3-1-2-4-9(7)16-5-8(11)12(15)18/h1-5,10H,6H2,(H2,15,18)(H,16,17). The van der Waals surface area contributed by atoms with Crippen LogP contribution in [0, 0.1) is 0 Å². The van der Waals surface area contributed by atoms with Crippen LogP contribution in [0.15, 0.2) is 30.5 Å². The number of nitrogens with zero attached hydrogens (tertiary/aromatic N) is 1. The van der Waals surface area contributed by atoms with Crippen LogP contribution in [0.3, 0.4) is 0 Å². The molecule has 1 heterocycles. The molecule has 1 aromatic carbocycles. The minimum atomic E-state index is -2.45. The summed E-state index contributed by atoms with van der Waals surface area (Å²) in [7, 11) is 0. The number of anilines is 1. The number of pyridine rings is 1. The molecule has 0 aliphatic rings. The van der Waals surface area contributed by atoms with Crippen LogP contribution in [-0.4, -0.2) is 22.9 Å². The molecule has 0 spiro atoms. The number of halogens is 2. The summed E-state index contributed by atoms with van der Waals surface area (Å²) in [4.78, 5) is 4.32. The van der Waals surface area contributed by atoms with E-state index in [-0.39, 0.29) is 4.99 Å². The Morgan fingerprint density at radius 2 is 2.11 bits per heavy atom. The molecule has 94 valence electrons. The van der Waals surface area contributed by atoms with E-state index in [9.17, 15) is 8.78 Å². The summed E-state index contributed by atoms with van der Waals surface area (Å²) in [5.74, 6) is 0. The Morgan fingerprint density at radius 3 is 2.78 bits per heavy atom. The number of hydrogen-bond donors (Lipinski definition) is 2. The maximum atomic E-state index is 12.3. The van der Waals surface area contributed by atoms with Gasteiger partial charge in [-0.05, 0) is 6.07 Å². The number of para-hydroxylation sites is 1. The zero-order valence-corrected chi connectivity index (χ0v) is 10.2. The molecule has 3 nitrogen and oxygen atoms in total. The molecule has 18 heavy (non-hydrogen) atoms. The minimum absolute atomic E-state index is 0.130. The highest BCUT2D eigenvalue weighted by atomic mass is 32.1. The second-order valence-corrected chi connectivity index (χ2v) is 4.14. The summed E-state index contributed by atoms with van der Waals surface area (Å²) < 4.78 is 24.6. The molecular formula is C12H11F2N3S. The summed E-state index contributed by atoms with van der Waals surface area (Å²) in [6, 6.07) is 7.22. The van der Waals surface area contributed by atoms with Gasteiger partial charge in [0, 0.05) is 11.6 Å². The van der Waals surface area contributed by atoms with Crippen molar-refractivity contribution in [2.24, 2.45) is 5.73 Å². The predicted octanol–water partition coefficient (Wildman–Crippen LogP) is 2.55. The third-order valence-corrected chi connectivity index (χ3v) is 2.69. The Balaban J connectivity index is 2.55. The first-order valence-electron chi connectivity index (χ1n) is 5.29. The van der Waals surface area contributed by atoms with Crippen molar-refractivity contribution < 1.29 is 8.78 Å². The molecular weight excluding hydrogens is 256 g/mol. The number of rotatable bonds is 4. The molecule has 0 unspecified atom stereocenters. The van der Waals surface area contributed by atoms with Crippen molar-refractivity contribution in [3.05, 3.63) is 36.0 Å². The van der Waals surface area contributed by atoms with E-state index in [0.717, 1.165) is 5.39 Å². The Bertz CT molecular complexity index is 587. The van der Waals surface area contributed by atoms with E-state index < -0.39 is 13.0 Å². The molecule has 3 N–H and O–H groups in total. The van der Waals surface area contributed by atoms with Crippen molar-refractivity contribution in [1.82, 2.24) is 4.98 Å². The highest BCUT2D eigenvalue weighted by Gasteiger charge is 2.12. The lowest BCUT2D eigenvalue weighted by Crippen LogP contribution is -2.17. The highest BCUT2D eigenvalue weighted by Crippen LogP contribution is 2.25. The van der Waals surface area contributed by atoms with Gasteiger partial charge in [0.25, 0.3) is 6.43 Å². The van der Waals surface area contributed by atoms with Gasteiger partial charge in [-0.3, -0.25) is 4.98 Å². The molecule has 0 saturated heterocycles.